The second-order valence-electron chi connectivity index (χ2n) is 24.8. The number of ether oxygens (including phenoxy) is 1. The molecule has 6 heteroatoms. The van der Waals surface area contributed by atoms with Crippen molar-refractivity contribution in [1.82, 2.24) is 14.1 Å². The number of fused-ring (bicyclic) bond motifs is 10. The molecule has 0 amide bonds. The second-order valence-corrected chi connectivity index (χ2v) is 28.3. The predicted molar refractivity (Wildman–Crippen MR) is 394 cm³/mol. The summed E-state index contributed by atoms with van der Waals surface area (Å²) in [5.74, 6) is 1.02. The van der Waals surface area contributed by atoms with Gasteiger partial charge in [-0.25, -0.2) is 4.98 Å². The molecule has 0 unspecified atom stereocenters. The minimum atomic E-state index is -6.58. The Labute approximate surface area is 598 Å². The number of aromatic nitrogens is 4. The molecule has 0 saturated carbocycles. The Bertz CT molecular complexity index is 7110. The maximum atomic E-state index is 11.1. The monoisotopic (exact) mass is 1260 g/mol. The van der Waals surface area contributed by atoms with Crippen LogP contribution >= 0.6 is 0 Å². The number of benzene rings is 12. The fraction of sp³-hybridized carbons (Fsp3) is 0.114. The van der Waals surface area contributed by atoms with Gasteiger partial charge in [0.05, 0.1) is 70.5 Å². The van der Waals surface area contributed by atoms with Crippen molar-refractivity contribution < 1.29 is 54.5 Å². The first-order chi connectivity index (χ1) is 59.3. The van der Waals surface area contributed by atoms with Crippen molar-refractivity contribution in [1.29, 1.82) is 0 Å². The lowest BCUT2D eigenvalue weighted by Crippen LogP contribution is -2.74. The van der Waals surface area contributed by atoms with E-state index in [9.17, 15) is 32.9 Å². The van der Waals surface area contributed by atoms with Crippen LogP contribution in [0.25, 0.3) is 106 Å². The molecule has 0 fully saturated rings. The zero-order valence-electron chi connectivity index (χ0n) is 84.3. The van der Waals surface area contributed by atoms with Crippen LogP contribution in [0, 0.1) is 20.0 Å². The highest BCUT2D eigenvalue weighted by Gasteiger charge is 2.42. The van der Waals surface area contributed by atoms with Crippen LogP contribution < -0.4 is 30.1 Å². The first-order valence-electron chi connectivity index (χ1n) is 46.5. The molecule has 454 valence electrons. The van der Waals surface area contributed by atoms with Gasteiger partial charge in [-0.15, -0.1) is 0 Å². The van der Waals surface area contributed by atoms with Crippen LogP contribution in [-0.2, 0) is 10.8 Å². The predicted octanol–water partition coefficient (Wildman–Crippen LogP) is 19.2. The summed E-state index contributed by atoms with van der Waals surface area (Å²) in [6, 6.07) is 2.04. The normalized spacial score (nSPS) is 17.5. The second kappa shape index (κ2) is 22.7. The molecule has 12 aromatic carbocycles. The van der Waals surface area contributed by atoms with Crippen LogP contribution in [0.15, 0.2) is 291 Å². The van der Waals surface area contributed by atoms with Crippen LogP contribution in [0.1, 0.15) is 109 Å². The number of pyridine rings is 1. The molecule has 0 atom stereocenters. The summed E-state index contributed by atoms with van der Waals surface area (Å²) in [6.45, 7) is 5.33. The van der Waals surface area contributed by atoms with Gasteiger partial charge in [0, 0.05) is 31.3 Å². The molecule has 0 N–H and O–H groups in total. The topological polar surface area (TPSA) is 35.9 Å². The number of aryl methyl sites for hydroxylation is 2. The van der Waals surface area contributed by atoms with Gasteiger partial charge in [0.2, 0.25) is 0 Å². The van der Waals surface area contributed by atoms with Gasteiger partial charge < -0.3 is 4.74 Å². The van der Waals surface area contributed by atoms with E-state index in [1.807, 2.05) is 53.1 Å². The van der Waals surface area contributed by atoms with Gasteiger partial charge in [-0.3, -0.25) is 13.7 Å². The Morgan fingerprint density at radius 2 is 1.05 bits per heavy atom. The van der Waals surface area contributed by atoms with E-state index in [0.717, 1.165) is 27.9 Å². The van der Waals surface area contributed by atoms with Crippen molar-refractivity contribution in [3.05, 3.63) is 319 Å². The minimum Gasteiger partial charge on any atom is -0.458 e. The van der Waals surface area contributed by atoms with Crippen molar-refractivity contribution in [3.63, 3.8) is 0 Å². The van der Waals surface area contributed by atoms with E-state index in [1.165, 1.54) is 45.5 Å². The zero-order chi connectivity index (χ0) is 92.5. The standard InChI is InChI=1S/C88H72N4OSi/c1-58-27-24-28-59(2)84(58)62-51-77-73-41-20-18-39-71(73)72-40-19-21-42-74(72)78-50-61(60-29-25-38-70(49-60)94(67-32-12-9-13-33-67,68-34-14-10-15-35-68)69-36-16-11-17-37-69)53-82-86(78)91(85(77)79(52-62)88(6,7)8)57-90(82)64-30-26-31-65(55-64)93-66-45-46-76-75-43-22-23-44-80(75)92(81(76)56-66)83-54-63(47-48-89-83)87(3,4)5/h9-56H,1-8H3/i1D3,2D3,9D,10D,11D,12D,13D,14D,15D,16D,17D,18D,19D,20D,21D,25D,29D,32D,33D,34D,35D,36D,37D,38D,39D,40D,41D,42D,49D. The molecule has 4 heterocycles. The molecule has 3 aromatic heterocycles. The lowest BCUT2D eigenvalue weighted by molar-refractivity contribution is -0.572. The summed E-state index contributed by atoms with van der Waals surface area (Å²) in [4.78, 5) is 4.86. The Hall–Kier alpha value is -10.9. The molecule has 94 heavy (non-hydrogen) atoms. The summed E-state index contributed by atoms with van der Waals surface area (Å²) in [6.07, 6.45) is 5.22. The number of rotatable bonds is 10. The summed E-state index contributed by atoms with van der Waals surface area (Å²) in [7, 11) is -6.58. The highest BCUT2D eigenvalue weighted by atomic mass is 28.3. The highest BCUT2D eigenvalue weighted by Crippen LogP contribution is 2.48. The van der Waals surface area contributed by atoms with Crippen LogP contribution in [0.2, 0.25) is 0 Å². The Morgan fingerprint density at radius 1 is 0.468 bits per heavy atom. The third-order valence-corrected chi connectivity index (χ3v) is 21.1. The largest absolute Gasteiger partial charge is 0.458 e. The molecule has 16 rings (SSSR count). The van der Waals surface area contributed by atoms with Gasteiger partial charge in [0.1, 0.15) is 17.3 Å². The van der Waals surface area contributed by atoms with Gasteiger partial charge >= 0.3 is 0 Å². The fourth-order valence-corrected chi connectivity index (χ4v) is 16.4. The first kappa shape index (κ1) is 32.6. The molecular weight excluding hydrogens is 1160 g/mol. The van der Waals surface area contributed by atoms with E-state index in [1.54, 1.807) is 57.3 Å². The highest BCUT2D eigenvalue weighted by molar-refractivity contribution is 7.20. The lowest BCUT2D eigenvalue weighted by atomic mass is 9.79. The molecule has 0 saturated heterocycles. The van der Waals surface area contributed by atoms with Gasteiger partial charge in [-0.2, -0.15) is 0 Å². The van der Waals surface area contributed by atoms with Crippen LogP contribution in [0.4, 0.5) is 0 Å². The summed E-state index contributed by atoms with van der Waals surface area (Å²) >= 11 is 0. The van der Waals surface area contributed by atoms with Gasteiger partial charge in [0.15, 0.2) is 8.07 Å². The van der Waals surface area contributed by atoms with E-state index in [-0.39, 0.29) is 55.8 Å². The van der Waals surface area contributed by atoms with Crippen molar-refractivity contribution in [2.75, 3.05) is 0 Å². The van der Waals surface area contributed by atoms with E-state index < -0.39 is 261 Å². The van der Waals surface area contributed by atoms with Crippen molar-refractivity contribution >= 4 is 61.7 Å². The summed E-state index contributed by atoms with van der Waals surface area (Å²) in [5, 5.41) is -2.86. The molecule has 0 radical (unpaired) electrons. The fourth-order valence-electron chi connectivity index (χ4n) is 12.8. The zero-order valence-corrected chi connectivity index (χ0v) is 52.3. The van der Waals surface area contributed by atoms with Crippen molar-refractivity contribution in [2.45, 2.75) is 66.1 Å². The Morgan fingerprint density at radius 3 is 1.70 bits per heavy atom. The quantitative estimate of drug-likeness (QED) is 0.0592. The smallest absolute Gasteiger partial charge is 0.269 e. The van der Waals surface area contributed by atoms with Gasteiger partial charge in [-0.05, 0) is 184 Å². The third-order valence-electron chi connectivity index (χ3n) is 17.1. The molecule has 1 aliphatic rings. The minimum absolute atomic E-state index is 0.0768. The molecular formula is C88H72N4OSi. The molecule has 5 nitrogen and oxygen atoms in total. The lowest BCUT2D eigenvalue weighted by Gasteiger charge is -2.34. The van der Waals surface area contributed by atoms with E-state index in [2.05, 4.69) is 27.1 Å². The van der Waals surface area contributed by atoms with E-state index in [4.69, 9.17) is 22.1 Å². The molecule has 0 spiro atoms. The number of imidazole rings is 1. The first-order valence-corrected chi connectivity index (χ1v) is 32.0. The average Bonchev–Trinajstić information content (AvgIpc) is 1.12. The van der Waals surface area contributed by atoms with Crippen LogP contribution in [0.5, 0.6) is 11.5 Å². The maximum absolute atomic E-state index is 11.1. The Kier molecular flexibility index (Phi) is 7.88. The van der Waals surface area contributed by atoms with Gasteiger partial charge in [-0.1, -0.05) is 259 Å². The third kappa shape index (κ3) is 9.74. The molecule has 0 bridgehead atoms. The van der Waals surface area contributed by atoms with Crippen molar-refractivity contribution in [3.8, 4) is 84.3 Å². The number of nitrogens with zero attached hydrogens (tertiary/aromatic N) is 4. The molecule has 15 aromatic rings. The van der Waals surface area contributed by atoms with E-state index >= 15 is 0 Å². The number of hydrogen-bond donors (Lipinski definition) is 0. The van der Waals surface area contributed by atoms with E-state index in [0.29, 0.717) is 17.1 Å². The molecule has 0 aliphatic carbocycles. The number of hydrogen-bond acceptors (Lipinski definition) is 2. The SMILES string of the molecule is [2H]c1c([2H])c([2H])c([Si](c2c([2H])c([2H])c([2H])c([2H])c2[2H])(c2c([2H])c([2H])c([2H])c([2H])c2[2H])c2c([2H])c([2H])c([2H])c(-c3cc4c5c(c3)n(-c3cccc(Oc6ccc7c8ccccc8n(-c8cc(C(C)(C)C)ccn8)c7c6)c3)[c-][n+]5-c3c(cc(-c5c(C([2H])([2H])[2H])cccc5C([2H])([2H])[2H])cc3C(C)(C)C)-c3c([2H])c([2H])c([2H])c([2H])c3-c3c([2H])c([2H])c([2H])c([2H])c3-4)c2[2H])c([2H])c1[2H]. The average molecular weight is 1260 g/mol. The summed E-state index contributed by atoms with van der Waals surface area (Å²) < 4.78 is 329. The Balaban J connectivity index is 1.13. The van der Waals surface area contributed by atoms with Crippen LogP contribution in [-0.4, -0.2) is 22.2 Å². The maximum Gasteiger partial charge on any atom is 0.269 e. The summed E-state index contributed by atoms with van der Waals surface area (Å²) in [5.41, 5.74) is -5.01. The molecule has 1 aliphatic heterocycles. The van der Waals surface area contributed by atoms with Crippen LogP contribution in [0.3, 0.4) is 0 Å². The number of para-hydroxylation sites is 1. The van der Waals surface area contributed by atoms with Crippen molar-refractivity contribution in [2.24, 2.45) is 0 Å². The van der Waals surface area contributed by atoms with Gasteiger partial charge in [0.25, 0.3) is 6.33 Å².